The van der Waals surface area contributed by atoms with E-state index in [0.717, 1.165) is 47.9 Å². The number of carboxylic acids is 1. The first-order chi connectivity index (χ1) is 16.0. The Bertz CT molecular complexity index is 1030. The van der Waals surface area contributed by atoms with Crippen LogP contribution in [-0.2, 0) is 14.3 Å². The molecule has 2 aromatic rings. The zero-order valence-electron chi connectivity index (χ0n) is 18.3. The molecule has 3 N–H and O–H groups in total. The van der Waals surface area contributed by atoms with E-state index in [1.807, 2.05) is 24.3 Å². The summed E-state index contributed by atoms with van der Waals surface area (Å²) < 4.78 is 5.59. The molecular formula is C26H28N2O5. The summed E-state index contributed by atoms with van der Waals surface area (Å²) in [5.41, 5.74) is 4.53. The highest BCUT2D eigenvalue weighted by molar-refractivity contribution is 5.89. The number of carbonyl (C=O) groups is 3. The normalized spacial score (nSPS) is 18.5. The fraction of sp³-hybridized carbons (Fsp3) is 0.423. The zero-order valence-corrected chi connectivity index (χ0v) is 18.3. The summed E-state index contributed by atoms with van der Waals surface area (Å²) in [6, 6.07) is 14.5. The minimum atomic E-state index is -1.03. The third kappa shape index (κ3) is 4.72. The minimum Gasteiger partial charge on any atom is -0.480 e. The number of hydrogen-bond acceptors (Lipinski definition) is 4. The van der Waals surface area contributed by atoms with Gasteiger partial charge in [-0.2, -0.15) is 0 Å². The molecule has 0 radical (unpaired) electrons. The van der Waals surface area contributed by atoms with E-state index < -0.39 is 30.1 Å². The molecule has 0 bridgehead atoms. The van der Waals surface area contributed by atoms with Crippen molar-refractivity contribution in [1.82, 2.24) is 10.6 Å². The number of amides is 2. The highest BCUT2D eigenvalue weighted by Crippen LogP contribution is 2.44. The van der Waals surface area contributed by atoms with Crippen LogP contribution in [0.4, 0.5) is 4.79 Å². The summed E-state index contributed by atoms with van der Waals surface area (Å²) in [6.07, 6.45) is 3.46. The maximum absolute atomic E-state index is 12.8. The van der Waals surface area contributed by atoms with Crippen LogP contribution in [0.2, 0.25) is 0 Å². The number of fused-ring (bicyclic) bond motifs is 3. The molecule has 0 aromatic heterocycles. The first-order valence-corrected chi connectivity index (χ1v) is 11.7. The summed E-state index contributed by atoms with van der Waals surface area (Å²) in [6.45, 7) is 0.164. The van der Waals surface area contributed by atoms with E-state index in [1.165, 1.54) is 0 Å². The van der Waals surface area contributed by atoms with Crippen molar-refractivity contribution < 1.29 is 24.2 Å². The average Bonchev–Trinajstić information content (AvgIpc) is 3.74. The molecule has 2 atom stereocenters. The predicted octanol–water partition coefficient (Wildman–Crippen LogP) is 3.67. The Labute approximate surface area is 192 Å². The van der Waals surface area contributed by atoms with E-state index in [2.05, 4.69) is 34.9 Å². The first-order valence-electron chi connectivity index (χ1n) is 11.7. The average molecular weight is 449 g/mol. The quantitative estimate of drug-likeness (QED) is 0.543. The highest BCUT2D eigenvalue weighted by Gasteiger charge is 2.39. The molecule has 1 unspecified atom stereocenters. The Kier molecular flexibility index (Phi) is 5.79. The van der Waals surface area contributed by atoms with E-state index in [9.17, 15) is 19.5 Å². The summed E-state index contributed by atoms with van der Waals surface area (Å²) in [5.74, 6) is -1.20. The number of benzene rings is 2. The lowest BCUT2D eigenvalue weighted by atomic mass is 9.98. The van der Waals surface area contributed by atoms with Crippen molar-refractivity contribution in [3.63, 3.8) is 0 Å². The van der Waals surface area contributed by atoms with Crippen LogP contribution in [0.3, 0.4) is 0 Å². The summed E-state index contributed by atoms with van der Waals surface area (Å²) >= 11 is 0. The maximum Gasteiger partial charge on any atom is 0.407 e. The SMILES string of the molecule is O=C(N[C@@H](CC1CC1)C(=O)NC(C(=O)O)C1CC1)OCC1c2ccccc2-c2ccccc21. The van der Waals surface area contributed by atoms with Gasteiger partial charge in [-0.25, -0.2) is 9.59 Å². The molecule has 0 heterocycles. The van der Waals surface area contributed by atoms with E-state index >= 15 is 0 Å². The number of alkyl carbamates (subject to hydrolysis) is 1. The second-order valence-electron chi connectivity index (χ2n) is 9.36. The van der Waals surface area contributed by atoms with Crippen LogP contribution < -0.4 is 10.6 Å². The van der Waals surface area contributed by atoms with Crippen LogP contribution in [0.5, 0.6) is 0 Å². The van der Waals surface area contributed by atoms with Gasteiger partial charge >= 0.3 is 12.1 Å². The van der Waals surface area contributed by atoms with E-state index in [4.69, 9.17) is 4.74 Å². The van der Waals surface area contributed by atoms with E-state index in [-0.39, 0.29) is 18.4 Å². The first kappa shape index (κ1) is 21.5. The monoisotopic (exact) mass is 448 g/mol. The van der Waals surface area contributed by atoms with Gasteiger partial charge in [0, 0.05) is 5.92 Å². The topological polar surface area (TPSA) is 105 Å². The molecule has 2 aromatic carbocycles. The number of hydrogen-bond donors (Lipinski definition) is 3. The second kappa shape index (κ2) is 8.89. The van der Waals surface area contributed by atoms with Gasteiger partial charge in [0.25, 0.3) is 0 Å². The molecule has 2 amide bonds. The Balaban J connectivity index is 1.23. The number of rotatable bonds is 9. The highest BCUT2D eigenvalue weighted by atomic mass is 16.5. The fourth-order valence-electron chi connectivity index (χ4n) is 4.77. The second-order valence-corrected chi connectivity index (χ2v) is 9.36. The zero-order chi connectivity index (χ0) is 22.9. The van der Waals surface area contributed by atoms with Gasteiger partial charge in [0.05, 0.1) is 0 Å². The van der Waals surface area contributed by atoms with Crippen molar-refractivity contribution in [1.29, 1.82) is 0 Å². The predicted molar refractivity (Wildman–Crippen MR) is 122 cm³/mol. The fourth-order valence-corrected chi connectivity index (χ4v) is 4.77. The summed E-state index contributed by atoms with van der Waals surface area (Å²) in [4.78, 5) is 37.0. The van der Waals surface area contributed by atoms with Gasteiger partial charge in [0.15, 0.2) is 0 Å². The van der Waals surface area contributed by atoms with Crippen LogP contribution in [0.25, 0.3) is 11.1 Å². The Hall–Kier alpha value is -3.35. The molecule has 7 nitrogen and oxygen atoms in total. The van der Waals surface area contributed by atoms with Gasteiger partial charge in [0.2, 0.25) is 5.91 Å². The van der Waals surface area contributed by atoms with Gasteiger partial charge in [-0.1, -0.05) is 61.4 Å². The lowest BCUT2D eigenvalue weighted by Gasteiger charge is -2.22. The molecule has 3 aliphatic carbocycles. The van der Waals surface area contributed by atoms with Crippen LogP contribution in [0.1, 0.15) is 49.1 Å². The molecular weight excluding hydrogens is 420 g/mol. The summed E-state index contributed by atoms with van der Waals surface area (Å²) in [5, 5.41) is 14.8. The number of carboxylic acid groups (broad SMARTS) is 1. The molecule has 0 aliphatic heterocycles. The van der Waals surface area contributed by atoms with Crippen LogP contribution in [0, 0.1) is 11.8 Å². The van der Waals surface area contributed by atoms with Gasteiger partial charge < -0.3 is 20.5 Å². The Morgan fingerprint density at radius 3 is 2.06 bits per heavy atom. The molecule has 2 fully saturated rings. The van der Waals surface area contributed by atoms with Crippen LogP contribution >= 0.6 is 0 Å². The molecule has 33 heavy (non-hydrogen) atoms. The molecule has 5 rings (SSSR count). The lowest BCUT2D eigenvalue weighted by Crippen LogP contribution is -2.52. The maximum atomic E-state index is 12.8. The van der Waals surface area contributed by atoms with E-state index in [1.54, 1.807) is 0 Å². The molecule has 172 valence electrons. The van der Waals surface area contributed by atoms with Crippen molar-refractivity contribution in [2.45, 2.75) is 50.1 Å². The molecule has 7 heteroatoms. The third-order valence-electron chi connectivity index (χ3n) is 6.88. The van der Waals surface area contributed by atoms with Gasteiger partial charge in [0.1, 0.15) is 18.7 Å². The minimum absolute atomic E-state index is 0.0255. The number of aliphatic carboxylic acids is 1. The number of nitrogens with one attached hydrogen (secondary N) is 2. The van der Waals surface area contributed by atoms with Gasteiger partial charge in [-0.15, -0.1) is 0 Å². The molecule has 0 saturated heterocycles. The standard InChI is InChI=1S/C26H28N2O5/c29-24(28-23(25(30)31)16-11-12-16)22(13-15-9-10-15)27-26(32)33-14-21-19-7-3-1-5-17(19)18-6-2-4-8-20(18)21/h1-8,15-16,21-23H,9-14H2,(H,27,32)(H,28,29)(H,30,31)/t22-,23?/m0/s1. The third-order valence-corrected chi connectivity index (χ3v) is 6.88. The van der Waals surface area contributed by atoms with Gasteiger partial charge in [-0.3, -0.25) is 4.79 Å². The number of carbonyl (C=O) groups excluding carboxylic acids is 2. The van der Waals surface area contributed by atoms with E-state index in [0.29, 0.717) is 12.3 Å². The Morgan fingerprint density at radius 1 is 0.909 bits per heavy atom. The van der Waals surface area contributed by atoms with Crippen molar-refractivity contribution >= 4 is 18.0 Å². The Morgan fingerprint density at radius 2 is 1.52 bits per heavy atom. The molecule has 2 saturated carbocycles. The van der Waals surface area contributed by atoms with Crippen molar-refractivity contribution in [3.05, 3.63) is 59.7 Å². The molecule has 3 aliphatic rings. The van der Waals surface area contributed by atoms with Crippen LogP contribution in [-0.4, -0.2) is 41.8 Å². The van der Waals surface area contributed by atoms with Gasteiger partial charge in [-0.05, 0) is 53.4 Å². The largest absolute Gasteiger partial charge is 0.480 e. The summed E-state index contributed by atoms with van der Waals surface area (Å²) in [7, 11) is 0. The van der Waals surface area contributed by atoms with Crippen molar-refractivity contribution in [2.75, 3.05) is 6.61 Å². The number of ether oxygens (including phenoxy) is 1. The van der Waals surface area contributed by atoms with Crippen LogP contribution in [0.15, 0.2) is 48.5 Å². The van der Waals surface area contributed by atoms with Crippen molar-refractivity contribution in [3.8, 4) is 11.1 Å². The lowest BCUT2D eigenvalue weighted by molar-refractivity contribution is -0.142. The smallest absolute Gasteiger partial charge is 0.407 e. The van der Waals surface area contributed by atoms with Crippen molar-refractivity contribution in [2.24, 2.45) is 11.8 Å². The molecule has 0 spiro atoms.